The van der Waals surface area contributed by atoms with Crippen LogP contribution in [0.15, 0.2) is 36.8 Å². The lowest BCUT2D eigenvalue weighted by molar-refractivity contribution is 0.0936. The van der Waals surface area contributed by atoms with Gasteiger partial charge in [-0.1, -0.05) is 0 Å². The lowest BCUT2D eigenvalue weighted by Crippen LogP contribution is -2.39. The highest BCUT2D eigenvalue weighted by Crippen LogP contribution is 2.52. The largest absolute Gasteiger partial charge is 0.357 e. The van der Waals surface area contributed by atoms with Crippen LogP contribution in [0.2, 0.25) is 0 Å². The highest BCUT2D eigenvalue weighted by molar-refractivity contribution is 6.01. The summed E-state index contributed by atoms with van der Waals surface area (Å²) in [5, 5.41) is 3.11. The van der Waals surface area contributed by atoms with E-state index in [1.807, 2.05) is 24.5 Å². The molecule has 5 heteroatoms. The van der Waals surface area contributed by atoms with Crippen molar-refractivity contribution in [3.05, 3.63) is 59.2 Å². The Balaban J connectivity index is 1.56. The Morgan fingerprint density at radius 2 is 2.08 bits per heavy atom. The van der Waals surface area contributed by atoms with Crippen LogP contribution in [0, 0.1) is 0 Å². The second-order valence-electron chi connectivity index (χ2n) is 7.66. The number of rotatable bonds is 1. The molecule has 3 aliphatic rings. The van der Waals surface area contributed by atoms with E-state index in [-0.39, 0.29) is 11.3 Å². The van der Waals surface area contributed by atoms with E-state index in [2.05, 4.69) is 26.3 Å². The van der Waals surface area contributed by atoms with Crippen molar-refractivity contribution in [3.63, 3.8) is 0 Å². The number of aromatic amines is 1. The Bertz CT molecular complexity index is 1060. The van der Waals surface area contributed by atoms with E-state index in [0.29, 0.717) is 0 Å². The third-order valence-electron chi connectivity index (χ3n) is 6.16. The number of aryl methyl sites for hydroxylation is 1. The summed E-state index contributed by atoms with van der Waals surface area (Å²) in [5.41, 5.74) is 8.88. The van der Waals surface area contributed by atoms with Crippen LogP contribution in [-0.2, 0) is 18.3 Å². The molecule has 1 fully saturated rings. The number of pyridine rings is 2. The fourth-order valence-corrected chi connectivity index (χ4v) is 4.52. The summed E-state index contributed by atoms with van der Waals surface area (Å²) < 4.78 is 0. The highest BCUT2D eigenvalue weighted by Gasteiger charge is 2.51. The first-order chi connectivity index (χ1) is 12.8. The van der Waals surface area contributed by atoms with Crippen LogP contribution in [0.25, 0.3) is 22.5 Å². The molecule has 0 bridgehead atoms. The molecule has 3 aromatic heterocycles. The van der Waals surface area contributed by atoms with E-state index >= 15 is 0 Å². The quantitative estimate of drug-likeness (QED) is 0.714. The molecule has 1 amide bonds. The lowest BCUT2D eigenvalue weighted by Gasteiger charge is -2.23. The minimum atomic E-state index is 0.0833. The maximum absolute atomic E-state index is 12.6. The molecule has 2 N–H and O–H groups in total. The van der Waals surface area contributed by atoms with E-state index in [9.17, 15) is 4.79 Å². The van der Waals surface area contributed by atoms with Crippen LogP contribution in [-0.4, -0.2) is 27.4 Å². The van der Waals surface area contributed by atoms with Gasteiger partial charge in [0.2, 0.25) is 0 Å². The lowest BCUT2D eigenvalue weighted by atomic mass is 9.86. The fourth-order valence-electron chi connectivity index (χ4n) is 4.52. The molecule has 0 atom stereocenters. The van der Waals surface area contributed by atoms with Crippen LogP contribution >= 0.6 is 0 Å². The molecule has 26 heavy (non-hydrogen) atoms. The van der Waals surface area contributed by atoms with Gasteiger partial charge in [0.05, 0.1) is 17.0 Å². The zero-order valence-corrected chi connectivity index (χ0v) is 14.3. The molecule has 0 aromatic carbocycles. The van der Waals surface area contributed by atoms with Crippen LogP contribution in [0.3, 0.4) is 0 Å². The van der Waals surface area contributed by atoms with Crippen molar-refractivity contribution in [1.29, 1.82) is 0 Å². The van der Waals surface area contributed by atoms with Crippen molar-refractivity contribution in [2.75, 3.05) is 6.54 Å². The van der Waals surface area contributed by atoms with Gasteiger partial charge in [-0.05, 0) is 55.0 Å². The molecule has 2 aliphatic carbocycles. The number of hydrogen-bond donors (Lipinski definition) is 2. The second kappa shape index (κ2) is 4.81. The molecule has 3 aromatic rings. The van der Waals surface area contributed by atoms with Gasteiger partial charge < -0.3 is 10.3 Å². The van der Waals surface area contributed by atoms with Gasteiger partial charge in [-0.3, -0.25) is 14.8 Å². The monoisotopic (exact) mass is 342 g/mol. The molecule has 4 heterocycles. The van der Waals surface area contributed by atoms with Crippen LogP contribution < -0.4 is 5.32 Å². The molecule has 1 saturated carbocycles. The minimum absolute atomic E-state index is 0.0833. The van der Waals surface area contributed by atoms with Crippen LogP contribution in [0.1, 0.15) is 40.0 Å². The van der Waals surface area contributed by atoms with Crippen molar-refractivity contribution in [2.24, 2.45) is 0 Å². The maximum atomic E-state index is 12.6. The highest BCUT2D eigenvalue weighted by atomic mass is 16.1. The number of aromatic nitrogens is 3. The van der Waals surface area contributed by atoms with Crippen molar-refractivity contribution >= 4 is 5.91 Å². The predicted molar refractivity (Wildman–Crippen MR) is 97.9 cm³/mol. The Labute approximate surface area is 150 Å². The predicted octanol–water partition coefficient (Wildman–Crippen LogP) is 3.01. The SMILES string of the molecule is O=C1NCC2(CC2)c2[nH]c3c(c21)CCc1cnc(-c2cccnc2)cc1-3. The number of nitrogens with one attached hydrogen (secondary N) is 2. The van der Waals surface area contributed by atoms with Crippen molar-refractivity contribution in [2.45, 2.75) is 31.1 Å². The molecule has 0 saturated heterocycles. The third-order valence-corrected chi connectivity index (χ3v) is 6.16. The Hall–Kier alpha value is -2.95. The summed E-state index contributed by atoms with van der Waals surface area (Å²) in [5.74, 6) is 0.0833. The first-order valence-corrected chi connectivity index (χ1v) is 9.18. The number of carbonyl (C=O) groups excluding carboxylic acids is 1. The molecule has 1 spiro atoms. The van der Waals surface area contributed by atoms with Gasteiger partial charge >= 0.3 is 0 Å². The number of carbonyl (C=O) groups is 1. The van der Waals surface area contributed by atoms with Crippen molar-refractivity contribution < 1.29 is 4.79 Å². The maximum Gasteiger partial charge on any atom is 0.253 e. The Kier molecular flexibility index (Phi) is 2.64. The van der Waals surface area contributed by atoms with E-state index in [1.54, 1.807) is 6.20 Å². The summed E-state index contributed by atoms with van der Waals surface area (Å²) in [6.07, 6.45) is 9.72. The Morgan fingerprint density at radius 1 is 1.15 bits per heavy atom. The summed E-state index contributed by atoms with van der Waals surface area (Å²) >= 11 is 0. The summed E-state index contributed by atoms with van der Waals surface area (Å²) in [4.78, 5) is 25.1. The summed E-state index contributed by atoms with van der Waals surface area (Å²) in [7, 11) is 0. The van der Waals surface area contributed by atoms with Gasteiger partial charge in [0.15, 0.2) is 0 Å². The van der Waals surface area contributed by atoms with E-state index in [4.69, 9.17) is 0 Å². The average Bonchev–Trinajstić information content (AvgIpc) is 3.35. The number of H-pyrrole nitrogens is 1. The van der Waals surface area contributed by atoms with Gasteiger partial charge in [0.25, 0.3) is 5.91 Å². The number of amides is 1. The number of nitrogens with zero attached hydrogens (tertiary/aromatic N) is 2. The van der Waals surface area contributed by atoms with Gasteiger partial charge in [-0.2, -0.15) is 0 Å². The van der Waals surface area contributed by atoms with E-state index in [1.165, 1.54) is 22.4 Å². The molecular formula is C21H18N4O. The summed E-state index contributed by atoms with van der Waals surface area (Å²) in [6.45, 7) is 0.766. The van der Waals surface area contributed by atoms with Gasteiger partial charge in [0.1, 0.15) is 0 Å². The second-order valence-corrected chi connectivity index (χ2v) is 7.66. The first kappa shape index (κ1) is 14.2. The molecule has 5 nitrogen and oxygen atoms in total. The van der Waals surface area contributed by atoms with Gasteiger partial charge in [-0.15, -0.1) is 0 Å². The zero-order chi connectivity index (χ0) is 17.3. The van der Waals surface area contributed by atoms with Gasteiger partial charge in [0, 0.05) is 47.4 Å². The fraction of sp³-hybridized carbons (Fsp3) is 0.286. The minimum Gasteiger partial charge on any atom is -0.357 e. The smallest absolute Gasteiger partial charge is 0.253 e. The zero-order valence-electron chi connectivity index (χ0n) is 14.3. The molecule has 128 valence electrons. The third kappa shape index (κ3) is 1.83. The average molecular weight is 342 g/mol. The normalized spacial score (nSPS) is 18.7. The van der Waals surface area contributed by atoms with Crippen molar-refractivity contribution in [3.8, 4) is 22.5 Å². The number of hydrogen-bond acceptors (Lipinski definition) is 3. The van der Waals surface area contributed by atoms with E-state index in [0.717, 1.165) is 54.7 Å². The van der Waals surface area contributed by atoms with Crippen molar-refractivity contribution in [1.82, 2.24) is 20.3 Å². The number of fused-ring (bicyclic) bond motifs is 6. The topological polar surface area (TPSA) is 70.7 Å². The summed E-state index contributed by atoms with van der Waals surface area (Å²) in [6, 6.07) is 6.10. The molecule has 0 radical (unpaired) electrons. The standard InChI is InChI=1S/C21H18N4O/c26-20-17-14-4-3-12-10-23-16(13-2-1-7-22-9-13)8-15(12)18(14)25-19(17)21(5-6-21)11-24-20/h1-2,7-10,25H,3-6,11H2,(H,24,26). The van der Waals surface area contributed by atoms with Crippen LogP contribution in [0.5, 0.6) is 0 Å². The van der Waals surface area contributed by atoms with Crippen LogP contribution in [0.4, 0.5) is 0 Å². The van der Waals surface area contributed by atoms with Gasteiger partial charge in [-0.25, -0.2) is 0 Å². The molecule has 6 rings (SSSR count). The molecule has 0 unspecified atom stereocenters. The Morgan fingerprint density at radius 3 is 2.88 bits per heavy atom. The molecular weight excluding hydrogens is 324 g/mol. The van der Waals surface area contributed by atoms with E-state index < -0.39 is 0 Å². The molecule has 1 aliphatic heterocycles. The first-order valence-electron chi connectivity index (χ1n) is 9.18.